The molecule has 116 valence electrons. The summed E-state index contributed by atoms with van der Waals surface area (Å²) in [6.45, 7) is 4.70. The van der Waals surface area contributed by atoms with Gasteiger partial charge < -0.3 is 10.2 Å². The molecule has 1 saturated carbocycles. The first-order chi connectivity index (χ1) is 10.1. The normalized spacial score (nSPS) is 22.3. The Morgan fingerprint density at radius 1 is 1.48 bits per heavy atom. The van der Waals surface area contributed by atoms with E-state index in [0.717, 1.165) is 32.5 Å². The van der Waals surface area contributed by atoms with Crippen LogP contribution in [0.4, 0.5) is 11.5 Å². The Morgan fingerprint density at radius 3 is 2.81 bits per heavy atom. The van der Waals surface area contributed by atoms with Gasteiger partial charge in [0.25, 0.3) is 0 Å². The zero-order valence-corrected chi connectivity index (χ0v) is 12.7. The van der Waals surface area contributed by atoms with E-state index in [1.165, 1.54) is 12.8 Å². The summed E-state index contributed by atoms with van der Waals surface area (Å²) < 4.78 is 1.68. The molecule has 1 saturated heterocycles. The third-order valence-electron chi connectivity index (χ3n) is 4.46. The van der Waals surface area contributed by atoms with Gasteiger partial charge in [0.15, 0.2) is 0 Å². The molecule has 21 heavy (non-hydrogen) atoms. The molecule has 0 bridgehead atoms. The molecular formula is C14H23N5O2. The molecule has 1 aliphatic carbocycles. The second-order valence-electron chi connectivity index (χ2n) is 6.23. The van der Waals surface area contributed by atoms with Gasteiger partial charge in [0.05, 0.1) is 4.92 Å². The number of hydrogen-bond donors (Lipinski definition) is 1. The van der Waals surface area contributed by atoms with E-state index in [2.05, 4.69) is 15.3 Å². The summed E-state index contributed by atoms with van der Waals surface area (Å²) in [6, 6.07) is 0.445. The summed E-state index contributed by atoms with van der Waals surface area (Å²) in [7, 11) is 1.81. The number of rotatable bonds is 5. The SMILES string of the molecule is Cc1nn(C)c(N(CC2CCCNC2)C2CC2)c1[N+](=O)[O-]. The summed E-state index contributed by atoms with van der Waals surface area (Å²) >= 11 is 0. The van der Waals surface area contributed by atoms with Crippen molar-refractivity contribution in [2.75, 3.05) is 24.5 Å². The first kappa shape index (κ1) is 14.3. The lowest BCUT2D eigenvalue weighted by atomic mass is 9.99. The lowest BCUT2D eigenvalue weighted by Gasteiger charge is -2.31. The molecule has 2 fully saturated rings. The predicted octanol–water partition coefficient (Wildman–Crippen LogP) is 1.61. The van der Waals surface area contributed by atoms with Crippen molar-refractivity contribution in [3.8, 4) is 0 Å². The molecule has 1 atom stereocenters. The zero-order chi connectivity index (χ0) is 15.0. The molecule has 1 N–H and O–H groups in total. The zero-order valence-electron chi connectivity index (χ0n) is 12.7. The maximum Gasteiger partial charge on any atom is 0.333 e. The van der Waals surface area contributed by atoms with Crippen LogP contribution in [0.15, 0.2) is 0 Å². The Bertz CT molecular complexity index is 532. The number of aryl methyl sites for hydroxylation is 2. The maximum atomic E-state index is 11.4. The van der Waals surface area contributed by atoms with Gasteiger partial charge in [-0.1, -0.05) is 0 Å². The van der Waals surface area contributed by atoms with Gasteiger partial charge in [-0.05, 0) is 51.6 Å². The van der Waals surface area contributed by atoms with E-state index in [4.69, 9.17) is 0 Å². The lowest BCUT2D eigenvalue weighted by molar-refractivity contribution is -0.384. The summed E-state index contributed by atoms with van der Waals surface area (Å²) in [5.41, 5.74) is 0.679. The van der Waals surface area contributed by atoms with Gasteiger partial charge in [-0.25, -0.2) is 4.68 Å². The minimum Gasteiger partial charge on any atom is -0.348 e. The maximum absolute atomic E-state index is 11.4. The van der Waals surface area contributed by atoms with E-state index in [9.17, 15) is 10.1 Å². The molecule has 0 spiro atoms. The second-order valence-corrected chi connectivity index (χ2v) is 6.23. The van der Waals surface area contributed by atoms with Gasteiger partial charge in [0.2, 0.25) is 5.82 Å². The van der Waals surface area contributed by atoms with Gasteiger partial charge >= 0.3 is 5.69 Å². The topological polar surface area (TPSA) is 76.2 Å². The molecule has 1 unspecified atom stereocenters. The molecular weight excluding hydrogens is 270 g/mol. The molecule has 0 aromatic carbocycles. The van der Waals surface area contributed by atoms with E-state index in [1.807, 2.05) is 7.05 Å². The van der Waals surface area contributed by atoms with Crippen molar-refractivity contribution in [2.45, 2.75) is 38.6 Å². The highest BCUT2D eigenvalue weighted by Crippen LogP contribution is 2.39. The van der Waals surface area contributed by atoms with Crippen molar-refractivity contribution in [1.82, 2.24) is 15.1 Å². The number of nitro groups is 1. The monoisotopic (exact) mass is 293 g/mol. The van der Waals surface area contributed by atoms with Crippen molar-refractivity contribution in [2.24, 2.45) is 13.0 Å². The fourth-order valence-corrected chi connectivity index (χ4v) is 3.32. The summed E-state index contributed by atoms with van der Waals surface area (Å²) in [4.78, 5) is 13.4. The van der Waals surface area contributed by atoms with E-state index >= 15 is 0 Å². The van der Waals surface area contributed by atoms with E-state index in [1.54, 1.807) is 11.6 Å². The first-order valence-electron chi connectivity index (χ1n) is 7.73. The van der Waals surface area contributed by atoms with Gasteiger partial charge in [0, 0.05) is 19.6 Å². The molecule has 1 aliphatic heterocycles. The Hall–Kier alpha value is -1.63. The van der Waals surface area contributed by atoms with Crippen molar-refractivity contribution < 1.29 is 4.92 Å². The molecule has 2 aliphatic rings. The standard InChI is InChI=1S/C14H23N5O2/c1-10-13(19(20)21)14(17(2)16-10)18(12-5-6-12)9-11-4-3-7-15-8-11/h11-12,15H,3-9H2,1-2H3. The molecule has 0 amide bonds. The number of anilines is 1. The van der Waals surface area contributed by atoms with Crippen LogP contribution >= 0.6 is 0 Å². The van der Waals surface area contributed by atoms with Crippen LogP contribution in [-0.4, -0.2) is 40.4 Å². The fourth-order valence-electron chi connectivity index (χ4n) is 3.32. The second kappa shape index (κ2) is 5.63. The van der Waals surface area contributed by atoms with Gasteiger partial charge in [0.1, 0.15) is 5.69 Å². The molecule has 0 radical (unpaired) electrons. The number of nitrogens with zero attached hydrogens (tertiary/aromatic N) is 4. The van der Waals surface area contributed by atoms with E-state index in [-0.39, 0.29) is 10.6 Å². The third-order valence-corrected chi connectivity index (χ3v) is 4.46. The molecule has 7 heteroatoms. The molecule has 7 nitrogen and oxygen atoms in total. The van der Waals surface area contributed by atoms with Crippen LogP contribution in [0.5, 0.6) is 0 Å². The number of hydrogen-bond acceptors (Lipinski definition) is 5. The smallest absolute Gasteiger partial charge is 0.333 e. The average molecular weight is 293 g/mol. The Morgan fingerprint density at radius 2 is 2.24 bits per heavy atom. The Kier molecular flexibility index (Phi) is 3.84. The van der Waals surface area contributed by atoms with Crippen LogP contribution < -0.4 is 10.2 Å². The highest BCUT2D eigenvalue weighted by molar-refractivity contribution is 5.62. The van der Waals surface area contributed by atoms with Crippen molar-refractivity contribution in [1.29, 1.82) is 0 Å². The van der Waals surface area contributed by atoms with Crippen LogP contribution in [0.3, 0.4) is 0 Å². The number of aromatic nitrogens is 2. The summed E-state index contributed by atoms with van der Waals surface area (Å²) in [6.07, 6.45) is 4.64. The Balaban J connectivity index is 1.88. The van der Waals surface area contributed by atoms with E-state index in [0.29, 0.717) is 23.5 Å². The number of piperidine rings is 1. The predicted molar refractivity (Wildman–Crippen MR) is 80.6 cm³/mol. The highest BCUT2D eigenvalue weighted by atomic mass is 16.6. The molecule has 1 aromatic rings. The van der Waals surface area contributed by atoms with Crippen LogP contribution in [0.1, 0.15) is 31.4 Å². The minimum atomic E-state index is -0.286. The molecule has 3 rings (SSSR count). The van der Waals surface area contributed by atoms with Gasteiger partial charge in [-0.15, -0.1) is 0 Å². The van der Waals surface area contributed by atoms with Crippen molar-refractivity contribution in [3.05, 3.63) is 15.8 Å². The molecule has 1 aromatic heterocycles. The third kappa shape index (κ3) is 2.88. The Labute approximate surface area is 124 Å². The van der Waals surface area contributed by atoms with Crippen LogP contribution in [0.2, 0.25) is 0 Å². The average Bonchev–Trinajstić information content (AvgIpc) is 3.23. The number of nitrogens with one attached hydrogen (secondary N) is 1. The van der Waals surface area contributed by atoms with Crippen molar-refractivity contribution in [3.63, 3.8) is 0 Å². The lowest BCUT2D eigenvalue weighted by Crippen LogP contribution is -2.40. The fraction of sp³-hybridized carbons (Fsp3) is 0.786. The first-order valence-corrected chi connectivity index (χ1v) is 7.73. The van der Waals surface area contributed by atoms with Gasteiger partial charge in [-0.3, -0.25) is 10.1 Å². The van der Waals surface area contributed by atoms with Gasteiger partial charge in [-0.2, -0.15) is 5.10 Å². The van der Waals surface area contributed by atoms with Crippen LogP contribution in [-0.2, 0) is 7.05 Å². The highest BCUT2D eigenvalue weighted by Gasteiger charge is 2.38. The summed E-state index contributed by atoms with van der Waals surface area (Å²) in [5.74, 6) is 1.25. The van der Waals surface area contributed by atoms with Crippen molar-refractivity contribution >= 4 is 11.5 Å². The van der Waals surface area contributed by atoms with E-state index < -0.39 is 0 Å². The molecule has 2 heterocycles. The van der Waals surface area contributed by atoms with Crippen LogP contribution in [0.25, 0.3) is 0 Å². The summed E-state index contributed by atoms with van der Waals surface area (Å²) in [5, 5.41) is 19.1. The minimum absolute atomic E-state index is 0.174. The quantitative estimate of drug-likeness (QED) is 0.659. The van der Waals surface area contributed by atoms with Crippen LogP contribution in [0, 0.1) is 23.0 Å². The largest absolute Gasteiger partial charge is 0.348 e.